The van der Waals surface area contributed by atoms with Crippen LogP contribution >= 0.6 is 0 Å². The van der Waals surface area contributed by atoms with E-state index in [9.17, 15) is 13.7 Å². The Hall–Kier alpha value is -0.930. The van der Waals surface area contributed by atoms with Gasteiger partial charge in [0.25, 0.3) is 0 Å². The number of hydrogen-bond acceptors (Lipinski definition) is 5. The van der Waals surface area contributed by atoms with Gasteiger partial charge in [-0.3, -0.25) is 4.98 Å². The molecule has 6 nitrogen and oxygen atoms in total. The van der Waals surface area contributed by atoms with Crippen LogP contribution < -0.4 is 4.72 Å². The van der Waals surface area contributed by atoms with Crippen molar-refractivity contribution in [2.24, 2.45) is 0 Å². The zero-order valence-electron chi connectivity index (χ0n) is 15.0. The quantitative estimate of drug-likeness (QED) is 0.766. The minimum atomic E-state index is -1.35. The van der Waals surface area contributed by atoms with E-state index in [1.165, 1.54) is 6.07 Å². The summed E-state index contributed by atoms with van der Waals surface area (Å²) < 4.78 is 39.9. The highest BCUT2D eigenvalue weighted by Gasteiger charge is 2.27. The van der Waals surface area contributed by atoms with Gasteiger partial charge in [-0.1, -0.05) is 0 Å². The molecule has 1 saturated heterocycles. The average Bonchev–Trinajstić information content (AvgIpc) is 2.58. The molecule has 2 rings (SSSR count). The highest BCUT2D eigenvalue weighted by molar-refractivity contribution is 7.84. The Morgan fingerprint density at radius 3 is 2.72 bits per heavy atom. The fourth-order valence-electron chi connectivity index (χ4n) is 2.51. The number of halogens is 1. The second kappa shape index (κ2) is 9.14. The first-order valence-corrected chi connectivity index (χ1v) is 9.62. The molecule has 1 aromatic heterocycles. The molecule has 2 atom stereocenters. The van der Waals surface area contributed by atoms with Crippen LogP contribution in [0.3, 0.4) is 0 Å². The van der Waals surface area contributed by atoms with Gasteiger partial charge in [0.15, 0.2) is 6.29 Å². The van der Waals surface area contributed by atoms with E-state index in [0.717, 1.165) is 12.6 Å². The van der Waals surface area contributed by atoms with E-state index >= 15 is 0 Å². The van der Waals surface area contributed by atoms with Gasteiger partial charge in [-0.25, -0.2) is 13.3 Å². The van der Waals surface area contributed by atoms with E-state index in [1.54, 1.807) is 0 Å². The molecule has 1 aliphatic rings. The summed E-state index contributed by atoms with van der Waals surface area (Å²) in [5, 5.41) is 9.53. The number of aromatic nitrogens is 1. The van der Waals surface area contributed by atoms with Crippen LogP contribution in [0.15, 0.2) is 12.3 Å². The minimum Gasteiger partial charge on any atom is -0.390 e. The molecule has 0 aliphatic carbocycles. The van der Waals surface area contributed by atoms with Crippen LogP contribution in [0.1, 0.15) is 57.3 Å². The van der Waals surface area contributed by atoms with Crippen molar-refractivity contribution in [2.75, 3.05) is 13.2 Å². The Kier molecular flexibility index (Phi) is 7.45. The van der Waals surface area contributed by atoms with Crippen molar-refractivity contribution in [3.05, 3.63) is 29.3 Å². The molecule has 0 amide bonds. The van der Waals surface area contributed by atoms with Gasteiger partial charge < -0.3 is 14.6 Å². The van der Waals surface area contributed by atoms with Gasteiger partial charge in [-0.2, -0.15) is 0 Å². The zero-order chi connectivity index (χ0) is 18.4. The normalized spacial score (nSPS) is 18.9. The summed E-state index contributed by atoms with van der Waals surface area (Å²) in [4.78, 5) is 3.96. The second-order valence-electron chi connectivity index (χ2n) is 7.00. The third kappa shape index (κ3) is 6.07. The maximum absolute atomic E-state index is 13.7. The lowest BCUT2D eigenvalue weighted by molar-refractivity contribution is -0.182. The average molecular weight is 374 g/mol. The van der Waals surface area contributed by atoms with Gasteiger partial charge in [0, 0.05) is 12.5 Å². The number of aliphatic hydroxyl groups is 1. The molecule has 1 unspecified atom stereocenters. The summed E-state index contributed by atoms with van der Waals surface area (Å²) in [5.41, 5.74) is 0.881. The van der Waals surface area contributed by atoms with Gasteiger partial charge in [-0.15, -0.1) is 0 Å². The first-order valence-electron chi connectivity index (χ1n) is 8.47. The topological polar surface area (TPSA) is 80.7 Å². The lowest BCUT2D eigenvalue weighted by Crippen LogP contribution is -2.37. The van der Waals surface area contributed by atoms with Crippen molar-refractivity contribution in [3.8, 4) is 0 Å². The standard InChI is InChI=1S/C17H27FN2O4S/c1-17(2,3)25(22)20-14(5-6-16-23-7-4-8-24-16)13-9-12(18)10-19-15(13)11-21/h9-10,14,16,20-21H,4-8,11H2,1-3H3/t14?,25-/m1/s1. The summed E-state index contributed by atoms with van der Waals surface area (Å²) >= 11 is 0. The minimum absolute atomic E-state index is 0.313. The molecule has 0 radical (unpaired) electrons. The number of rotatable bonds is 7. The fraction of sp³-hybridized carbons (Fsp3) is 0.706. The van der Waals surface area contributed by atoms with Crippen LogP contribution in [0.25, 0.3) is 0 Å². The van der Waals surface area contributed by atoms with E-state index < -0.39 is 27.6 Å². The van der Waals surface area contributed by atoms with Crippen LogP contribution in [0.2, 0.25) is 0 Å². The van der Waals surface area contributed by atoms with Crippen molar-refractivity contribution in [2.45, 2.75) is 63.7 Å². The van der Waals surface area contributed by atoms with Gasteiger partial charge in [0.1, 0.15) is 5.82 Å². The van der Waals surface area contributed by atoms with Crippen molar-refractivity contribution in [1.29, 1.82) is 0 Å². The van der Waals surface area contributed by atoms with E-state index in [-0.39, 0.29) is 12.9 Å². The molecule has 25 heavy (non-hydrogen) atoms. The molecule has 1 fully saturated rings. The van der Waals surface area contributed by atoms with E-state index in [4.69, 9.17) is 9.47 Å². The molecular weight excluding hydrogens is 347 g/mol. The predicted molar refractivity (Wildman–Crippen MR) is 93.4 cm³/mol. The van der Waals surface area contributed by atoms with E-state index in [1.807, 2.05) is 20.8 Å². The number of aliphatic hydroxyl groups excluding tert-OH is 1. The largest absolute Gasteiger partial charge is 0.390 e. The highest BCUT2D eigenvalue weighted by atomic mass is 32.2. The zero-order valence-corrected chi connectivity index (χ0v) is 15.8. The Balaban J connectivity index is 2.18. The van der Waals surface area contributed by atoms with Gasteiger partial charge >= 0.3 is 0 Å². The number of pyridine rings is 1. The third-order valence-electron chi connectivity index (χ3n) is 3.89. The summed E-state index contributed by atoms with van der Waals surface area (Å²) in [5.74, 6) is -0.495. The second-order valence-corrected chi connectivity index (χ2v) is 9.00. The molecule has 0 spiro atoms. The summed E-state index contributed by atoms with van der Waals surface area (Å²) in [7, 11) is -1.35. The molecule has 1 aliphatic heterocycles. The van der Waals surface area contributed by atoms with Crippen LogP contribution in [-0.4, -0.2) is 38.6 Å². The maximum atomic E-state index is 13.7. The van der Waals surface area contributed by atoms with Crippen molar-refractivity contribution in [3.63, 3.8) is 0 Å². The Morgan fingerprint density at radius 2 is 2.12 bits per heavy atom. The molecule has 2 N–H and O–H groups in total. The summed E-state index contributed by atoms with van der Waals surface area (Å²) in [6, 6.07) is 0.901. The lowest BCUT2D eigenvalue weighted by atomic mass is 10.0. The first-order chi connectivity index (χ1) is 11.8. The predicted octanol–water partition coefficient (Wildman–Crippen LogP) is 2.35. The van der Waals surface area contributed by atoms with Gasteiger partial charge in [-0.05, 0) is 45.2 Å². The van der Waals surface area contributed by atoms with E-state index in [2.05, 4.69) is 9.71 Å². The third-order valence-corrected chi connectivity index (χ3v) is 5.50. The lowest BCUT2D eigenvalue weighted by Gasteiger charge is -2.28. The molecule has 2 heterocycles. The molecule has 0 aromatic carbocycles. The molecule has 0 saturated carbocycles. The molecular formula is C17H27FN2O4S. The molecule has 142 valence electrons. The molecule has 1 aromatic rings. The molecule has 8 heteroatoms. The van der Waals surface area contributed by atoms with Crippen LogP contribution in [0.4, 0.5) is 4.39 Å². The highest BCUT2D eigenvalue weighted by Crippen LogP contribution is 2.26. The van der Waals surface area contributed by atoms with Crippen molar-refractivity contribution >= 4 is 11.0 Å². The van der Waals surface area contributed by atoms with E-state index in [0.29, 0.717) is 37.3 Å². The van der Waals surface area contributed by atoms with Crippen LogP contribution in [0.5, 0.6) is 0 Å². The summed E-state index contributed by atoms with van der Waals surface area (Å²) in [6.07, 6.45) is 2.71. The van der Waals surface area contributed by atoms with Crippen molar-refractivity contribution in [1.82, 2.24) is 9.71 Å². The van der Waals surface area contributed by atoms with Crippen LogP contribution in [-0.2, 0) is 27.1 Å². The molecule has 0 bridgehead atoms. The monoisotopic (exact) mass is 374 g/mol. The Bertz CT molecular complexity index is 589. The summed E-state index contributed by atoms with van der Waals surface area (Å²) in [6.45, 7) is 6.57. The number of nitrogens with zero attached hydrogens (tertiary/aromatic N) is 1. The number of ether oxygens (including phenoxy) is 2. The maximum Gasteiger partial charge on any atom is 0.157 e. The first kappa shape index (κ1) is 20.4. The van der Waals surface area contributed by atoms with Gasteiger partial charge in [0.05, 0.1) is 47.4 Å². The number of hydrogen-bond donors (Lipinski definition) is 2. The van der Waals surface area contributed by atoms with Crippen LogP contribution in [0, 0.1) is 5.82 Å². The van der Waals surface area contributed by atoms with Crippen molar-refractivity contribution < 1.29 is 23.2 Å². The fourth-order valence-corrected chi connectivity index (χ4v) is 3.36. The van der Waals surface area contributed by atoms with Gasteiger partial charge in [0.2, 0.25) is 0 Å². The SMILES string of the molecule is CC(C)(C)[S@@](=O)NC(CCC1OCCCO1)c1cc(F)cnc1CO. The Morgan fingerprint density at radius 1 is 1.44 bits per heavy atom. The number of nitrogens with one attached hydrogen (secondary N) is 1. The Labute approximate surface area is 150 Å². The smallest absolute Gasteiger partial charge is 0.157 e.